The first-order valence-corrected chi connectivity index (χ1v) is 7.74. The van der Waals surface area contributed by atoms with Crippen LogP contribution >= 0.6 is 0 Å². The van der Waals surface area contributed by atoms with E-state index < -0.39 is 24.0 Å². The topological polar surface area (TPSA) is 84.9 Å². The smallest absolute Gasteiger partial charge is 0.308 e. The molecule has 3 atom stereocenters. The summed E-state index contributed by atoms with van der Waals surface area (Å²) in [5.41, 5.74) is 0.747. The van der Waals surface area contributed by atoms with Crippen molar-refractivity contribution in [3.8, 4) is 0 Å². The van der Waals surface area contributed by atoms with Gasteiger partial charge in [0.25, 0.3) is 0 Å². The Morgan fingerprint density at radius 1 is 1.17 bits per heavy atom. The van der Waals surface area contributed by atoms with Crippen LogP contribution in [0.2, 0.25) is 0 Å². The van der Waals surface area contributed by atoms with Crippen LogP contribution in [-0.2, 0) is 19.1 Å². The van der Waals surface area contributed by atoms with E-state index in [-0.39, 0.29) is 5.91 Å². The van der Waals surface area contributed by atoms with Gasteiger partial charge in [-0.2, -0.15) is 0 Å². The fraction of sp³-hybridized carbons (Fsp3) is 0.529. The first-order chi connectivity index (χ1) is 11.0. The highest BCUT2D eigenvalue weighted by molar-refractivity contribution is 5.82. The van der Waals surface area contributed by atoms with Gasteiger partial charge in [0.1, 0.15) is 6.10 Å². The van der Waals surface area contributed by atoms with E-state index in [2.05, 4.69) is 5.32 Å². The molecule has 0 saturated heterocycles. The zero-order valence-electron chi connectivity index (χ0n) is 13.8. The van der Waals surface area contributed by atoms with Crippen molar-refractivity contribution in [3.63, 3.8) is 0 Å². The van der Waals surface area contributed by atoms with Gasteiger partial charge in [0.05, 0.1) is 25.2 Å². The molecule has 1 aromatic rings. The number of aliphatic carboxylic acids is 1. The third-order valence-corrected chi connectivity index (χ3v) is 3.51. The van der Waals surface area contributed by atoms with E-state index in [1.807, 2.05) is 25.1 Å². The molecular weight excluding hydrogens is 298 g/mol. The number of hydrogen-bond donors (Lipinski definition) is 2. The molecule has 0 saturated carbocycles. The van der Waals surface area contributed by atoms with Crippen LogP contribution < -0.4 is 5.32 Å². The molecule has 0 bridgehead atoms. The highest BCUT2D eigenvalue weighted by atomic mass is 16.5. The van der Waals surface area contributed by atoms with Crippen molar-refractivity contribution < 1.29 is 24.2 Å². The first-order valence-electron chi connectivity index (χ1n) is 7.74. The zero-order chi connectivity index (χ0) is 17.2. The summed E-state index contributed by atoms with van der Waals surface area (Å²) >= 11 is 0. The van der Waals surface area contributed by atoms with Crippen LogP contribution in [-0.4, -0.2) is 42.9 Å². The number of benzene rings is 1. The Labute approximate surface area is 136 Å². The summed E-state index contributed by atoms with van der Waals surface area (Å²) in [6.07, 6.45) is -0.678. The maximum absolute atomic E-state index is 12.2. The second-order valence-corrected chi connectivity index (χ2v) is 5.23. The summed E-state index contributed by atoms with van der Waals surface area (Å²) in [4.78, 5) is 23.6. The van der Waals surface area contributed by atoms with Gasteiger partial charge in [0, 0.05) is 6.61 Å². The van der Waals surface area contributed by atoms with Gasteiger partial charge in [-0.05, 0) is 26.3 Å². The largest absolute Gasteiger partial charge is 0.481 e. The van der Waals surface area contributed by atoms with Crippen molar-refractivity contribution in [1.29, 1.82) is 0 Å². The summed E-state index contributed by atoms with van der Waals surface area (Å²) in [6.45, 7) is 6.41. The molecule has 0 spiro atoms. The number of amides is 1. The summed E-state index contributed by atoms with van der Waals surface area (Å²) < 4.78 is 10.5. The van der Waals surface area contributed by atoms with Crippen LogP contribution in [0.1, 0.15) is 32.4 Å². The van der Waals surface area contributed by atoms with Crippen molar-refractivity contribution in [3.05, 3.63) is 35.9 Å². The molecule has 23 heavy (non-hydrogen) atoms. The fourth-order valence-electron chi connectivity index (χ4n) is 2.07. The minimum Gasteiger partial charge on any atom is -0.481 e. The molecule has 0 fully saturated rings. The highest BCUT2D eigenvalue weighted by Crippen LogP contribution is 2.22. The lowest BCUT2D eigenvalue weighted by atomic mass is 9.94. The Bertz CT molecular complexity index is 491. The number of carbonyl (C=O) groups excluding carboxylic acids is 1. The number of ether oxygens (including phenoxy) is 2. The lowest BCUT2D eigenvalue weighted by Crippen LogP contribution is -2.41. The number of carbonyl (C=O) groups is 2. The van der Waals surface area contributed by atoms with Gasteiger partial charge in [-0.1, -0.05) is 30.3 Å². The second kappa shape index (κ2) is 9.97. The lowest BCUT2D eigenvalue weighted by Gasteiger charge is -2.24. The molecule has 6 nitrogen and oxygen atoms in total. The maximum atomic E-state index is 12.2. The Hall–Kier alpha value is -1.92. The summed E-state index contributed by atoms with van der Waals surface area (Å²) in [6, 6.07) is 8.44. The van der Waals surface area contributed by atoms with Gasteiger partial charge in [-0.15, -0.1) is 0 Å². The van der Waals surface area contributed by atoms with Crippen LogP contribution in [0, 0.1) is 5.92 Å². The van der Waals surface area contributed by atoms with E-state index in [0.29, 0.717) is 19.8 Å². The molecule has 0 aliphatic heterocycles. The number of rotatable bonds is 10. The molecule has 1 aromatic carbocycles. The van der Waals surface area contributed by atoms with Crippen molar-refractivity contribution in [2.24, 2.45) is 5.92 Å². The van der Waals surface area contributed by atoms with Crippen LogP contribution in [0.5, 0.6) is 0 Å². The maximum Gasteiger partial charge on any atom is 0.308 e. The average molecular weight is 323 g/mol. The summed E-state index contributed by atoms with van der Waals surface area (Å²) in [7, 11) is 0. The normalized spacial score (nSPS) is 14.7. The Balaban J connectivity index is 2.69. The van der Waals surface area contributed by atoms with E-state index in [1.54, 1.807) is 26.0 Å². The van der Waals surface area contributed by atoms with Crippen LogP contribution in [0.4, 0.5) is 0 Å². The van der Waals surface area contributed by atoms with Crippen molar-refractivity contribution in [2.75, 3.05) is 19.8 Å². The lowest BCUT2D eigenvalue weighted by molar-refractivity contribution is -0.143. The molecule has 1 rings (SSSR count). The molecule has 0 aliphatic carbocycles. The SMILES string of the molecule is CCOCCOC(C)C(=O)NC(c1ccccc1)C(C)C(=O)O. The standard InChI is InChI=1S/C17H25NO5/c1-4-22-10-11-23-13(3)16(19)18-15(12(2)17(20)21)14-8-6-5-7-9-14/h5-9,12-13,15H,4,10-11H2,1-3H3,(H,18,19)(H,20,21). The summed E-state index contributed by atoms with van der Waals surface area (Å²) in [5, 5.41) is 12.0. The number of carboxylic acid groups (broad SMARTS) is 1. The van der Waals surface area contributed by atoms with E-state index in [9.17, 15) is 14.7 Å². The number of hydrogen-bond acceptors (Lipinski definition) is 4. The quantitative estimate of drug-likeness (QED) is 0.643. The van der Waals surface area contributed by atoms with Crippen molar-refractivity contribution >= 4 is 11.9 Å². The van der Waals surface area contributed by atoms with Crippen LogP contribution in [0.3, 0.4) is 0 Å². The van der Waals surface area contributed by atoms with E-state index >= 15 is 0 Å². The molecule has 0 aliphatic rings. The zero-order valence-corrected chi connectivity index (χ0v) is 13.8. The molecule has 128 valence electrons. The van der Waals surface area contributed by atoms with E-state index in [1.165, 1.54) is 0 Å². The van der Waals surface area contributed by atoms with Crippen LogP contribution in [0.25, 0.3) is 0 Å². The molecule has 1 amide bonds. The molecular formula is C17H25NO5. The first kappa shape index (κ1) is 19.1. The molecule has 0 aromatic heterocycles. The van der Waals surface area contributed by atoms with E-state index in [4.69, 9.17) is 9.47 Å². The number of carboxylic acids is 1. The van der Waals surface area contributed by atoms with Gasteiger partial charge < -0.3 is 19.9 Å². The van der Waals surface area contributed by atoms with Crippen molar-refractivity contribution in [2.45, 2.75) is 32.9 Å². The second-order valence-electron chi connectivity index (χ2n) is 5.23. The molecule has 6 heteroatoms. The predicted octanol–water partition coefficient (Wildman–Crippen LogP) is 2.01. The third kappa shape index (κ3) is 6.38. The average Bonchev–Trinajstić information content (AvgIpc) is 2.56. The minimum atomic E-state index is -0.968. The Morgan fingerprint density at radius 3 is 2.39 bits per heavy atom. The Kier molecular flexibility index (Phi) is 8.29. The molecule has 2 N–H and O–H groups in total. The molecule has 0 radical (unpaired) electrons. The van der Waals surface area contributed by atoms with Gasteiger partial charge in [0.2, 0.25) is 5.91 Å². The Morgan fingerprint density at radius 2 is 1.83 bits per heavy atom. The van der Waals surface area contributed by atoms with Gasteiger partial charge >= 0.3 is 5.97 Å². The van der Waals surface area contributed by atoms with Crippen molar-refractivity contribution in [1.82, 2.24) is 5.32 Å². The van der Waals surface area contributed by atoms with E-state index in [0.717, 1.165) is 5.56 Å². The van der Waals surface area contributed by atoms with Crippen LogP contribution in [0.15, 0.2) is 30.3 Å². The predicted molar refractivity (Wildman–Crippen MR) is 86.0 cm³/mol. The molecule has 0 heterocycles. The minimum absolute atomic E-state index is 0.312. The monoisotopic (exact) mass is 323 g/mol. The van der Waals surface area contributed by atoms with Gasteiger partial charge in [-0.3, -0.25) is 9.59 Å². The summed E-state index contributed by atoms with van der Waals surface area (Å²) in [5.74, 6) is -2.07. The van der Waals surface area contributed by atoms with Gasteiger partial charge in [0.15, 0.2) is 0 Å². The van der Waals surface area contributed by atoms with Gasteiger partial charge in [-0.25, -0.2) is 0 Å². The molecule has 3 unspecified atom stereocenters. The third-order valence-electron chi connectivity index (χ3n) is 3.51. The number of nitrogens with one attached hydrogen (secondary N) is 1. The highest BCUT2D eigenvalue weighted by Gasteiger charge is 2.28. The fourth-order valence-corrected chi connectivity index (χ4v) is 2.07.